The van der Waals surface area contributed by atoms with E-state index in [1.54, 1.807) is 12.1 Å². The van der Waals surface area contributed by atoms with Crippen molar-refractivity contribution in [1.29, 1.82) is 0 Å². The van der Waals surface area contributed by atoms with Gasteiger partial charge < -0.3 is 9.84 Å². The molecule has 0 atom stereocenters. The molecule has 7 heteroatoms. The fourth-order valence-electron chi connectivity index (χ4n) is 1.81. The average Bonchev–Trinajstić information content (AvgIpc) is 2.37. The number of ether oxygens (including phenoxy) is 1. The fourth-order valence-corrected chi connectivity index (χ4v) is 2.53. The van der Waals surface area contributed by atoms with Crippen molar-refractivity contribution in [2.75, 3.05) is 7.11 Å². The number of carbonyl (C=O) groups is 1. The lowest BCUT2D eigenvalue weighted by Gasteiger charge is -2.10. The quantitative estimate of drug-likeness (QED) is 0.640. The molecule has 0 saturated carbocycles. The molecule has 0 radical (unpaired) electrons. The molecule has 6 nitrogen and oxygen atoms in total. The topological polar surface area (TPSA) is 101 Å². The Labute approximate surface area is 109 Å². The second-order valence-electron chi connectivity index (χ2n) is 3.78. The number of fused-ring (bicyclic) bond motifs is 1. The molecule has 0 spiro atoms. The summed E-state index contributed by atoms with van der Waals surface area (Å²) in [6, 6.07) is 6.86. The zero-order valence-electron chi connectivity index (χ0n) is 9.82. The van der Waals surface area contributed by atoms with Crippen molar-refractivity contribution in [2.45, 2.75) is 4.90 Å². The predicted octanol–water partition coefficient (Wildman–Crippen LogP) is 1.58. The number of hydrogen-bond acceptors (Lipinski definition) is 5. The molecule has 0 aliphatic rings. The molecule has 0 saturated heterocycles. The van der Waals surface area contributed by atoms with E-state index in [0.29, 0.717) is 0 Å². The van der Waals surface area contributed by atoms with Gasteiger partial charge in [0.25, 0.3) is 10.1 Å². The van der Waals surface area contributed by atoms with Crippen molar-refractivity contribution in [2.24, 2.45) is 0 Å². The van der Waals surface area contributed by atoms with E-state index in [9.17, 15) is 22.9 Å². The molecule has 2 aromatic rings. The van der Waals surface area contributed by atoms with Gasteiger partial charge in [0.05, 0.1) is 7.11 Å². The highest BCUT2D eigenvalue weighted by molar-refractivity contribution is 7.86. The summed E-state index contributed by atoms with van der Waals surface area (Å²) >= 11 is 0. The smallest absolute Gasteiger partial charge is 0.341 e. The van der Waals surface area contributed by atoms with Crippen LogP contribution in [0.4, 0.5) is 0 Å². The fraction of sp³-hybridized carbons (Fsp3) is 0.0833. The Hall–Kier alpha value is -2.12. The zero-order chi connectivity index (χ0) is 14.2. The molecule has 2 aromatic carbocycles. The van der Waals surface area contributed by atoms with Crippen LogP contribution in [0.3, 0.4) is 0 Å². The normalized spacial score (nSPS) is 11.5. The van der Waals surface area contributed by atoms with E-state index in [1.807, 2.05) is 0 Å². The Morgan fingerprint density at radius 2 is 1.79 bits per heavy atom. The van der Waals surface area contributed by atoms with Crippen LogP contribution in [0.2, 0.25) is 0 Å². The lowest BCUT2D eigenvalue weighted by Crippen LogP contribution is -2.06. The second kappa shape index (κ2) is 4.52. The van der Waals surface area contributed by atoms with E-state index in [1.165, 1.54) is 12.1 Å². The lowest BCUT2D eigenvalue weighted by molar-refractivity contribution is 0.0597. The minimum Gasteiger partial charge on any atom is -0.506 e. The molecule has 2 N–H and O–H groups in total. The van der Waals surface area contributed by atoms with E-state index in [4.69, 9.17) is 0 Å². The summed E-state index contributed by atoms with van der Waals surface area (Å²) in [5.41, 5.74) is -0.325. The molecule has 0 unspecified atom stereocenters. The van der Waals surface area contributed by atoms with Gasteiger partial charge in [-0.1, -0.05) is 24.3 Å². The molecule has 2 rings (SSSR count). The van der Waals surface area contributed by atoms with Crippen LogP contribution in [-0.4, -0.2) is 31.2 Å². The predicted molar refractivity (Wildman–Crippen MR) is 66.8 cm³/mol. The Bertz CT molecular complexity index is 763. The number of hydrogen-bond donors (Lipinski definition) is 2. The van der Waals surface area contributed by atoms with Crippen LogP contribution >= 0.6 is 0 Å². The molecule has 0 fully saturated rings. The zero-order valence-corrected chi connectivity index (χ0v) is 10.6. The Morgan fingerprint density at radius 3 is 2.32 bits per heavy atom. The molecule has 100 valence electrons. The lowest BCUT2D eigenvalue weighted by atomic mass is 10.1. The Morgan fingerprint density at radius 1 is 1.21 bits per heavy atom. The number of aromatic hydroxyl groups is 1. The second-order valence-corrected chi connectivity index (χ2v) is 5.17. The van der Waals surface area contributed by atoms with Gasteiger partial charge in [-0.05, 0) is 6.07 Å². The summed E-state index contributed by atoms with van der Waals surface area (Å²) in [5.74, 6) is -1.29. The summed E-state index contributed by atoms with van der Waals surface area (Å²) in [6.07, 6.45) is 0. The van der Waals surface area contributed by atoms with Crippen LogP contribution in [0.15, 0.2) is 35.2 Å². The SMILES string of the molecule is COC(=O)c1cc(S(=O)(=O)O)c2ccccc2c1O. The van der Waals surface area contributed by atoms with Crippen LogP contribution in [0, 0.1) is 0 Å². The van der Waals surface area contributed by atoms with Crippen LogP contribution in [0.25, 0.3) is 10.8 Å². The highest BCUT2D eigenvalue weighted by atomic mass is 32.2. The van der Waals surface area contributed by atoms with Gasteiger partial charge in [-0.25, -0.2) is 4.79 Å². The van der Waals surface area contributed by atoms with Crippen molar-refractivity contribution >= 4 is 26.9 Å². The van der Waals surface area contributed by atoms with E-state index in [2.05, 4.69) is 4.74 Å². The maximum absolute atomic E-state index is 11.5. The Kier molecular flexibility index (Phi) is 3.17. The summed E-state index contributed by atoms with van der Waals surface area (Å²) in [7, 11) is -3.43. The number of benzene rings is 2. The first-order valence-corrected chi connectivity index (χ1v) is 6.60. The van der Waals surface area contributed by atoms with Gasteiger partial charge in [-0.2, -0.15) is 8.42 Å². The van der Waals surface area contributed by atoms with Gasteiger partial charge in [0.1, 0.15) is 16.2 Å². The number of carbonyl (C=O) groups excluding carboxylic acids is 1. The summed E-state index contributed by atoms with van der Waals surface area (Å²) in [5, 5.41) is 10.2. The number of phenols is 1. The van der Waals surface area contributed by atoms with Crippen LogP contribution in [0.5, 0.6) is 5.75 Å². The molecular formula is C12H10O6S. The Balaban J connectivity index is 2.96. The van der Waals surface area contributed by atoms with Crippen molar-refractivity contribution in [3.8, 4) is 5.75 Å². The van der Waals surface area contributed by atoms with Crippen molar-refractivity contribution in [3.05, 3.63) is 35.9 Å². The van der Waals surface area contributed by atoms with E-state index in [-0.39, 0.29) is 16.3 Å². The van der Waals surface area contributed by atoms with Gasteiger partial charge in [-0.3, -0.25) is 4.55 Å². The van der Waals surface area contributed by atoms with E-state index >= 15 is 0 Å². The highest BCUT2D eigenvalue weighted by Gasteiger charge is 2.22. The molecule has 19 heavy (non-hydrogen) atoms. The maximum Gasteiger partial charge on any atom is 0.341 e. The molecule has 0 amide bonds. The minimum absolute atomic E-state index is 0.121. The molecule has 0 aromatic heterocycles. The number of esters is 1. The third-order valence-electron chi connectivity index (χ3n) is 2.66. The van der Waals surface area contributed by atoms with Crippen molar-refractivity contribution < 1.29 is 27.6 Å². The van der Waals surface area contributed by atoms with Crippen LogP contribution < -0.4 is 0 Å². The van der Waals surface area contributed by atoms with Crippen LogP contribution in [0.1, 0.15) is 10.4 Å². The molecule has 0 aliphatic heterocycles. The van der Waals surface area contributed by atoms with Gasteiger partial charge in [0.2, 0.25) is 0 Å². The first-order chi connectivity index (χ1) is 8.86. The van der Waals surface area contributed by atoms with Gasteiger partial charge >= 0.3 is 5.97 Å². The first-order valence-electron chi connectivity index (χ1n) is 5.16. The molecule has 0 bridgehead atoms. The molecular weight excluding hydrogens is 272 g/mol. The minimum atomic E-state index is -4.53. The monoisotopic (exact) mass is 282 g/mol. The van der Waals surface area contributed by atoms with Crippen LogP contribution in [-0.2, 0) is 14.9 Å². The van der Waals surface area contributed by atoms with Gasteiger partial charge in [-0.15, -0.1) is 0 Å². The number of methoxy groups -OCH3 is 1. The van der Waals surface area contributed by atoms with E-state index < -0.39 is 26.7 Å². The standard InChI is InChI=1S/C12H10O6S/c1-18-12(14)9-6-10(19(15,16)17)7-4-2-3-5-8(7)11(9)13/h2-6,13H,1H3,(H,15,16,17). The summed E-state index contributed by atoms with van der Waals surface area (Å²) < 4.78 is 36.3. The molecule has 0 aliphatic carbocycles. The van der Waals surface area contributed by atoms with Gasteiger partial charge in [0, 0.05) is 10.8 Å². The van der Waals surface area contributed by atoms with E-state index in [0.717, 1.165) is 13.2 Å². The van der Waals surface area contributed by atoms with Crippen molar-refractivity contribution in [3.63, 3.8) is 0 Å². The highest BCUT2D eigenvalue weighted by Crippen LogP contribution is 2.34. The van der Waals surface area contributed by atoms with Gasteiger partial charge in [0.15, 0.2) is 0 Å². The largest absolute Gasteiger partial charge is 0.506 e. The third kappa shape index (κ3) is 2.25. The summed E-state index contributed by atoms with van der Waals surface area (Å²) in [6.45, 7) is 0. The van der Waals surface area contributed by atoms with Crippen molar-refractivity contribution in [1.82, 2.24) is 0 Å². The summed E-state index contributed by atoms with van der Waals surface area (Å²) in [4.78, 5) is 11.0. The number of rotatable bonds is 2. The first kappa shape index (κ1) is 13.3. The number of phenolic OH excluding ortho intramolecular Hbond substituents is 1. The third-order valence-corrected chi connectivity index (χ3v) is 3.55. The maximum atomic E-state index is 11.5. The average molecular weight is 282 g/mol. The molecule has 0 heterocycles.